The van der Waals surface area contributed by atoms with E-state index in [1.165, 1.54) is 10.4 Å². The van der Waals surface area contributed by atoms with Crippen LogP contribution in [0, 0.1) is 0 Å². The van der Waals surface area contributed by atoms with E-state index in [2.05, 4.69) is 35.1 Å². The lowest BCUT2D eigenvalue weighted by molar-refractivity contribution is 0.700. The second-order valence-electron chi connectivity index (χ2n) is 4.51. The summed E-state index contributed by atoms with van der Waals surface area (Å²) in [6.07, 6.45) is 1.96. The van der Waals surface area contributed by atoms with Crippen molar-refractivity contribution in [3.05, 3.63) is 45.9 Å². The van der Waals surface area contributed by atoms with Crippen molar-refractivity contribution in [2.24, 2.45) is 0 Å². The molecule has 108 valence electrons. The molecule has 3 nitrogen and oxygen atoms in total. The summed E-state index contributed by atoms with van der Waals surface area (Å²) in [6.45, 7) is 7.97. The molecule has 1 aromatic heterocycles. The van der Waals surface area contributed by atoms with E-state index in [1.54, 1.807) is 11.3 Å². The summed E-state index contributed by atoms with van der Waals surface area (Å²) < 4.78 is 0. The lowest BCUT2D eigenvalue weighted by Crippen LogP contribution is -2.21. The summed E-state index contributed by atoms with van der Waals surface area (Å²) in [6, 6.07) is 7.94. The molecule has 0 aliphatic rings. The van der Waals surface area contributed by atoms with Crippen molar-refractivity contribution in [1.29, 1.82) is 0 Å². The summed E-state index contributed by atoms with van der Waals surface area (Å²) in [4.78, 5) is 8.01. The van der Waals surface area contributed by atoms with Crippen LogP contribution >= 0.6 is 22.9 Å². The average Bonchev–Trinajstić information content (AvgIpc) is 2.89. The van der Waals surface area contributed by atoms with Crippen LogP contribution in [0.15, 0.2) is 30.5 Å². The van der Waals surface area contributed by atoms with Crippen LogP contribution in [0.1, 0.15) is 24.3 Å². The van der Waals surface area contributed by atoms with Crippen LogP contribution in [0.3, 0.4) is 0 Å². The molecule has 2 rings (SSSR count). The lowest BCUT2D eigenvalue weighted by Gasteiger charge is -2.16. The largest absolute Gasteiger partial charge is 0.349 e. The van der Waals surface area contributed by atoms with E-state index in [9.17, 15) is 0 Å². The third kappa shape index (κ3) is 4.20. The Bertz CT molecular complexity index is 537. The van der Waals surface area contributed by atoms with Crippen LogP contribution < -0.4 is 10.2 Å². The zero-order valence-electron chi connectivity index (χ0n) is 11.9. The fourth-order valence-electron chi connectivity index (χ4n) is 2.00. The minimum Gasteiger partial charge on any atom is -0.349 e. The smallest absolute Gasteiger partial charge is 0.185 e. The van der Waals surface area contributed by atoms with Crippen molar-refractivity contribution in [2.45, 2.75) is 26.9 Å². The number of rotatable bonds is 7. The zero-order chi connectivity index (χ0) is 14.4. The van der Waals surface area contributed by atoms with Gasteiger partial charge in [-0.3, -0.25) is 0 Å². The zero-order valence-corrected chi connectivity index (χ0v) is 13.5. The van der Waals surface area contributed by atoms with Gasteiger partial charge in [-0.2, -0.15) is 0 Å². The highest BCUT2D eigenvalue weighted by Crippen LogP contribution is 2.22. The number of hydrogen-bond donors (Lipinski definition) is 1. The molecule has 0 saturated carbocycles. The highest BCUT2D eigenvalue weighted by Gasteiger charge is 2.07. The third-order valence-electron chi connectivity index (χ3n) is 3.09. The van der Waals surface area contributed by atoms with Crippen molar-refractivity contribution in [1.82, 2.24) is 10.3 Å². The van der Waals surface area contributed by atoms with E-state index in [1.807, 2.05) is 24.4 Å². The predicted octanol–water partition coefficient (Wildman–Crippen LogP) is 3.93. The number of benzene rings is 1. The van der Waals surface area contributed by atoms with Crippen LogP contribution in [0.5, 0.6) is 0 Å². The highest BCUT2D eigenvalue weighted by molar-refractivity contribution is 7.15. The quantitative estimate of drug-likeness (QED) is 0.840. The molecule has 0 spiro atoms. The third-order valence-corrected chi connectivity index (χ3v) is 4.39. The Balaban J connectivity index is 1.85. The predicted molar refractivity (Wildman–Crippen MR) is 87.7 cm³/mol. The van der Waals surface area contributed by atoms with Crippen LogP contribution in [0.4, 0.5) is 5.13 Å². The molecule has 0 unspecified atom stereocenters. The van der Waals surface area contributed by atoms with Gasteiger partial charge in [0.05, 0.1) is 0 Å². The molecular weight excluding hydrogens is 290 g/mol. The van der Waals surface area contributed by atoms with Gasteiger partial charge in [-0.25, -0.2) is 4.98 Å². The second-order valence-corrected chi connectivity index (χ2v) is 6.04. The molecule has 0 fully saturated rings. The van der Waals surface area contributed by atoms with Crippen molar-refractivity contribution >= 4 is 28.1 Å². The first kappa shape index (κ1) is 15.3. The van der Waals surface area contributed by atoms with E-state index in [-0.39, 0.29) is 0 Å². The minimum absolute atomic E-state index is 0.783. The van der Waals surface area contributed by atoms with Gasteiger partial charge in [-0.1, -0.05) is 23.7 Å². The maximum Gasteiger partial charge on any atom is 0.185 e. The Labute approximate surface area is 129 Å². The van der Waals surface area contributed by atoms with Gasteiger partial charge in [0.1, 0.15) is 0 Å². The van der Waals surface area contributed by atoms with Crippen molar-refractivity contribution in [2.75, 3.05) is 18.0 Å². The van der Waals surface area contributed by atoms with Gasteiger partial charge in [0.25, 0.3) is 0 Å². The van der Waals surface area contributed by atoms with Crippen LogP contribution in [0.2, 0.25) is 5.02 Å². The number of thiazole rings is 1. The van der Waals surface area contributed by atoms with Crippen molar-refractivity contribution in [3.8, 4) is 0 Å². The Morgan fingerprint density at radius 3 is 2.75 bits per heavy atom. The van der Waals surface area contributed by atoms with Crippen LogP contribution in [0.25, 0.3) is 0 Å². The lowest BCUT2D eigenvalue weighted by atomic mass is 10.2. The number of halogens is 1. The molecule has 1 heterocycles. The maximum atomic E-state index is 5.97. The molecule has 0 aliphatic carbocycles. The van der Waals surface area contributed by atoms with E-state index >= 15 is 0 Å². The van der Waals surface area contributed by atoms with Gasteiger partial charge in [0, 0.05) is 42.3 Å². The summed E-state index contributed by atoms with van der Waals surface area (Å²) in [7, 11) is 0. The first-order valence-corrected chi connectivity index (χ1v) is 8.07. The molecule has 1 N–H and O–H groups in total. The summed E-state index contributed by atoms with van der Waals surface area (Å²) in [5, 5.41) is 5.32. The molecule has 0 aliphatic heterocycles. The van der Waals surface area contributed by atoms with Crippen molar-refractivity contribution in [3.63, 3.8) is 0 Å². The molecule has 5 heteroatoms. The summed E-state index contributed by atoms with van der Waals surface area (Å²) >= 11 is 7.72. The number of hydrogen-bond acceptors (Lipinski definition) is 4. The standard InChI is InChI=1S/C15H20ClN3S/c1-3-19(4-2)15-18-11-14(20-15)10-17-9-12-6-5-7-13(16)8-12/h5-8,11,17H,3-4,9-10H2,1-2H3. The highest BCUT2D eigenvalue weighted by atomic mass is 35.5. The molecule has 1 aromatic carbocycles. The van der Waals surface area contributed by atoms with Gasteiger partial charge in [0.2, 0.25) is 0 Å². The van der Waals surface area contributed by atoms with E-state index in [4.69, 9.17) is 11.6 Å². The first-order valence-electron chi connectivity index (χ1n) is 6.87. The number of aromatic nitrogens is 1. The molecule has 0 radical (unpaired) electrons. The molecule has 2 aromatic rings. The van der Waals surface area contributed by atoms with Crippen LogP contribution in [-0.2, 0) is 13.1 Å². The summed E-state index contributed by atoms with van der Waals surface area (Å²) in [5.41, 5.74) is 1.20. The SMILES string of the molecule is CCN(CC)c1ncc(CNCc2cccc(Cl)c2)s1. The topological polar surface area (TPSA) is 28.2 Å². The van der Waals surface area contributed by atoms with Crippen molar-refractivity contribution < 1.29 is 0 Å². The fraction of sp³-hybridized carbons (Fsp3) is 0.400. The second kappa shape index (κ2) is 7.62. The first-order chi connectivity index (χ1) is 9.72. The molecule has 20 heavy (non-hydrogen) atoms. The Morgan fingerprint density at radius 1 is 1.25 bits per heavy atom. The Hall–Kier alpha value is -1.10. The average molecular weight is 310 g/mol. The minimum atomic E-state index is 0.783. The maximum absolute atomic E-state index is 5.97. The molecule has 0 bridgehead atoms. The molecule has 0 saturated heterocycles. The van der Waals surface area contributed by atoms with Gasteiger partial charge < -0.3 is 10.2 Å². The summed E-state index contributed by atoms with van der Waals surface area (Å²) in [5.74, 6) is 0. The van der Waals surface area contributed by atoms with Gasteiger partial charge >= 0.3 is 0 Å². The monoisotopic (exact) mass is 309 g/mol. The van der Waals surface area contributed by atoms with E-state index in [0.717, 1.165) is 36.3 Å². The number of nitrogens with one attached hydrogen (secondary N) is 1. The van der Waals surface area contributed by atoms with Gasteiger partial charge in [-0.15, -0.1) is 11.3 Å². The van der Waals surface area contributed by atoms with Gasteiger partial charge in [0.15, 0.2) is 5.13 Å². The fourth-order valence-corrected chi connectivity index (χ4v) is 3.22. The molecule has 0 atom stereocenters. The van der Waals surface area contributed by atoms with E-state index < -0.39 is 0 Å². The number of anilines is 1. The van der Waals surface area contributed by atoms with E-state index in [0.29, 0.717) is 0 Å². The Kier molecular flexibility index (Phi) is 5.83. The Morgan fingerprint density at radius 2 is 2.05 bits per heavy atom. The van der Waals surface area contributed by atoms with Gasteiger partial charge in [-0.05, 0) is 31.5 Å². The molecular formula is C15H20ClN3S. The number of nitrogens with zero attached hydrogens (tertiary/aromatic N) is 2. The van der Waals surface area contributed by atoms with Crippen LogP contribution in [-0.4, -0.2) is 18.1 Å². The molecule has 0 amide bonds. The normalized spacial score (nSPS) is 10.8.